The third-order valence-electron chi connectivity index (χ3n) is 9.26. The Hall–Kier alpha value is -2.57. The highest BCUT2D eigenvalue weighted by atomic mass is 16.2. The molecule has 2 amide bonds. The van der Waals surface area contributed by atoms with Gasteiger partial charge in [-0.15, -0.1) is 0 Å². The minimum Gasteiger partial charge on any atom is -0.352 e. The monoisotopic (exact) mass is 537 g/mol. The van der Waals surface area contributed by atoms with E-state index in [1.165, 1.54) is 64.2 Å². The molecule has 7 nitrogen and oxygen atoms in total. The Labute approximate surface area is 235 Å². The molecule has 2 atom stereocenters. The molecular weight excluding hydrogens is 486 g/mol. The van der Waals surface area contributed by atoms with Gasteiger partial charge in [0.25, 0.3) is 0 Å². The zero-order valence-corrected chi connectivity index (χ0v) is 24.1. The second-order valence-corrected chi connectivity index (χ2v) is 12.5. The van der Waals surface area contributed by atoms with Crippen molar-refractivity contribution in [1.82, 2.24) is 20.9 Å². The lowest BCUT2D eigenvalue weighted by Gasteiger charge is -2.36. The van der Waals surface area contributed by atoms with E-state index in [4.69, 9.17) is 5.41 Å². The first-order valence-corrected chi connectivity index (χ1v) is 15.7. The molecule has 1 heterocycles. The van der Waals surface area contributed by atoms with E-state index in [0.29, 0.717) is 19.0 Å². The first-order chi connectivity index (χ1) is 19.0. The van der Waals surface area contributed by atoms with Gasteiger partial charge in [0.1, 0.15) is 6.29 Å². The molecule has 1 aromatic carbocycles. The number of carbonyl (C=O) groups is 2. The second kappa shape index (κ2) is 14.7. The summed E-state index contributed by atoms with van der Waals surface area (Å²) in [6, 6.07) is 8.53. The largest absolute Gasteiger partial charge is 0.352 e. The number of rotatable bonds is 13. The fraction of sp³-hybridized carbons (Fsp3) is 0.719. The molecule has 0 unspecified atom stereocenters. The van der Waals surface area contributed by atoms with Crippen LogP contribution in [0.4, 0.5) is 4.79 Å². The molecule has 2 aliphatic carbocycles. The fourth-order valence-electron chi connectivity index (χ4n) is 6.97. The van der Waals surface area contributed by atoms with Gasteiger partial charge >= 0.3 is 6.03 Å². The Kier molecular flexibility index (Phi) is 11.1. The number of carbonyl (C=O) groups excluding carboxylic acids is 2. The van der Waals surface area contributed by atoms with Crippen LogP contribution in [0.1, 0.15) is 114 Å². The summed E-state index contributed by atoms with van der Waals surface area (Å²) in [6.07, 6.45) is 18.7. The minimum absolute atomic E-state index is 0.0223. The highest BCUT2D eigenvalue weighted by molar-refractivity contribution is 5.82. The second-order valence-electron chi connectivity index (χ2n) is 12.5. The van der Waals surface area contributed by atoms with Gasteiger partial charge in [-0.05, 0) is 48.6 Å². The Morgan fingerprint density at radius 2 is 1.64 bits per heavy atom. The van der Waals surface area contributed by atoms with Crippen molar-refractivity contribution in [1.29, 1.82) is 5.41 Å². The molecule has 0 bridgehead atoms. The van der Waals surface area contributed by atoms with E-state index in [9.17, 15) is 9.59 Å². The Balaban J connectivity index is 1.29. The van der Waals surface area contributed by atoms with Crippen LogP contribution in [0.2, 0.25) is 0 Å². The van der Waals surface area contributed by atoms with Crippen molar-refractivity contribution in [2.45, 2.75) is 128 Å². The highest BCUT2D eigenvalue weighted by Gasteiger charge is 2.35. The number of benzene rings is 1. The van der Waals surface area contributed by atoms with Gasteiger partial charge in [-0.1, -0.05) is 102 Å². The number of aldehydes is 1. The van der Waals surface area contributed by atoms with Crippen molar-refractivity contribution >= 4 is 18.3 Å². The Bertz CT molecular complexity index is 923. The number of nitrogens with zero attached hydrogens (tertiary/aromatic N) is 1. The highest BCUT2D eigenvalue weighted by Crippen LogP contribution is 2.35. The number of hydrogen-bond donors (Lipinski definition) is 4. The summed E-state index contributed by atoms with van der Waals surface area (Å²) in [5, 5.41) is 18.3. The van der Waals surface area contributed by atoms with Crippen LogP contribution in [0.25, 0.3) is 0 Å². The van der Waals surface area contributed by atoms with Crippen molar-refractivity contribution in [3.63, 3.8) is 0 Å². The molecule has 2 saturated carbocycles. The average Bonchev–Trinajstić information content (AvgIpc) is 3.30. The van der Waals surface area contributed by atoms with Gasteiger partial charge in [-0.2, -0.15) is 0 Å². The summed E-state index contributed by atoms with van der Waals surface area (Å²) in [4.78, 5) is 26.8. The van der Waals surface area contributed by atoms with Crippen LogP contribution in [0, 0.1) is 17.2 Å². The Morgan fingerprint density at radius 1 is 1.00 bits per heavy atom. The van der Waals surface area contributed by atoms with E-state index in [1.807, 2.05) is 4.90 Å². The smallest absolute Gasteiger partial charge is 0.318 e. The lowest BCUT2D eigenvalue weighted by atomic mass is 9.75. The van der Waals surface area contributed by atoms with Gasteiger partial charge in [-0.25, -0.2) is 4.79 Å². The molecule has 1 aliphatic heterocycles. The van der Waals surface area contributed by atoms with E-state index in [0.717, 1.165) is 62.0 Å². The van der Waals surface area contributed by atoms with Gasteiger partial charge in [0.2, 0.25) is 0 Å². The van der Waals surface area contributed by atoms with E-state index in [1.54, 1.807) is 0 Å². The zero-order chi connectivity index (χ0) is 27.5. The molecule has 4 rings (SSSR count). The van der Waals surface area contributed by atoms with Crippen molar-refractivity contribution in [2.75, 3.05) is 6.54 Å². The normalized spacial score (nSPS) is 22.2. The van der Waals surface area contributed by atoms with E-state index in [2.05, 4.69) is 47.1 Å². The van der Waals surface area contributed by atoms with Gasteiger partial charge in [-0.3, -0.25) is 5.41 Å². The molecule has 3 fully saturated rings. The van der Waals surface area contributed by atoms with Crippen molar-refractivity contribution in [3.05, 3.63) is 35.4 Å². The third-order valence-corrected chi connectivity index (χ3v) is 9.26. The quantitative estimate of drug-likeness (QED) is 0.136. The number of nitrogens with one attached hydrogen (secondary N) is 4. The summed E-state index contributed by atoms with van der Waals surface area (Å²) < 4.78 is 0. The maximum Gasteiger partial charge on any atom is 0.318 e. The fourth-order valence-corrected chi connectivity index (χ4v) is 6.97. The van der Waals surface area contributed by atoms with Crippen LogP contribution in [-0.2, 0) is 17.9 Å². The van der Waals surface area contributed by atoms with Crippen LogP contribution in [0.5, 0.6) is 0 Å². The van der Waals surface area contributed by atoms with Gasteiger partial charge in [0.15, 0.2) is 5.96 Å². The molecule has 0 radical (unpaired) electrons. The molecule has 0 aromatic heterocycles. The maximum atomic E-state index is 12.6. The average molecular weight is 538 g/mol. The van der Waals surface area contributed by atoms with Crippen molar-refractivity contribution < 1.29 is 9.59 Å². The molecule has 39 heavy (non-hydrogen) atoms. The maximum absolute atomic E-state index is 12.6. The van der Waals surface area contributed by atoms with E-state index < -0.39 is 5.54 Å². The van der Waals surface area contributed by atoms with Crippen LogP contribution in [0.3, 0.4) is 0 Å². The predicted molar refractivity (Wildman–Crippen MR) is 158 cm³/mol. The standard InChI is InChI=1S/C32H51N5O2/c1-2-9-29-23-37(31(39)35-29)22-28-16-14-27(15-17-28)21-34-30(33)36-32(24-38,20-26-12-7-4-8-13-26)19-18-25-10-5-3-6-11-25/h14-17,24-26,29H,2-13,18-23H2,1H3,(H,35,39)(H3,33,34,36)/t29-,32+/m0/s1. The predicted octanol–water partition coefficient (Wildman–Crippen LogP) is 6.26. The van der Waals surface area contributed by atoms with Crippen LogP contribution in [0.15, 0.2) is 24.3 Å². The molecule has 0 spiro atoms. The van der Waals surface area contributed by atoms with Crippen LogP contribution in [-0.4, -0.2) is 41.3 Å². The summed E-state index contributed by atoms with van der Waals surface area (Å²) in [5.74, 6) is 1.52. The number of urea groups is 1. The summed E-state index contributed by atoms with van der Waals surface area (Å²) in [5.41, 5.74) is 1.53. The summed E-state index contributed by atoms with van der Waals surface area (Å²) in [6.45, 7) is 4.04. The molecular formula is C32H51N5O2. The van der Waals surface area contributed by atoms with Crippen molar-refractivity contribution in [2.24, 2.45) is 11.8 Å². The van der Waals surface area contributed by atoms with Crippen molar-refractivity contribution in [3.8, 4) is 0 Å². The number of hydrogen-bond acceptors (Lipinski definition) is 3. The van der Waals surface area contributed by atoms with Gasteiger partial charge < -0.3 is 25.6 Å². The molecule has 7 heteroatoms. The van der Waals surface area contributed by atoms with Gasteiger partial charge in [0, 0.05) is 25.7 Å². The minimum atomic E-state index is -0.653. The third kappa shape index (κ3) is 8.97. The number of amides is 2. The molecule has 4 N–H and O–H groups in total. The van der Waals surface area contributed by atoms with Crippen LogP contribution < -0.4 is 16.0 Å². The summed E-state index contributed by atoms with van der Waals surface area (Å²) in [7, 11) is 0. The van der Waals surface area contributed by atoms with Gasteiger partial charge in [0.05, 0.1) is 5.54 Å². The zero-order valence-electron chi connectivity index (χ0n) is 24.1. The lowest BCUT2D eigenvalue weighted by molar-refractivity contribution is -0.114. The van der Waals surface area contributed by atoms with Crippen LogP contribution >= 0.6 is 0 Å². The van der Waals surface area contributed by atoms with E-state index in [-0.39, 0.29) is 18.0 Å². The lowest BCUT2D eigenvalue weighted by Crippen LogP contribution is -2.54. The SMILES string of the molecule is CCC[C@H]1CN(Cc2ccc(CNC(=N)N[C@](C=O)(CCC3CCCCC3)CC3CCCCC3)cc2)C(=O)N1. The first-order valence-electron chi connectivity index (χ1n) is 15.7. The topological polar surface area (TPSA) is 97.3 Å². The molecule has 3 aliphatic rings. The first kappa shape index (κ1) is 29.4. The summed E-state index contributed by atoms with van der Waals surface area (Å²) >= 11 is 0. The Morgan fingerprint density at radius 3 is 2.28 bits per heavy atom. The molecule has 216 valence electrons. The molecule has 1 aromatic rings. The number of guanidine groups is 1. The van der Waals surface area contributed by atoms with E-state index >= 15 is 0 Å². The molecule has 1 saturated heterocycles.